The first-order valence-electron chi connectivity index (χ1n) is 8.59. The fourth-order valence-electron chi connectivity index (χ4n) is 3.62. The molecular formula is C18H25ClN4O. The fourth-order valence-corrected chi connectivity index (χ4v) is 3.62. The minimum Gasteiger partial charge on any atom is -0.338 e. The molecule has 0 bridgehead atoms. The molecule has 1 aromatic carbocycles. The van der Waals surface area contributed by atoms with Crippen molar-refractivity contribution in [2.75, 3.05) is 19.6 Å². The van der Waals surface area contributed by atoms with Crippen molar-refractivity contribution in [1.82, 2.24) is 15.0 Å². The van der Waals surface area contributed by atoms with Crippen molar-refractivity contribution in [3.63, 3.8) is 0 Å². The van der Waals surface area contributed by atoms with Gasteiger partial charge < -0.3 is 10.3 Å². The summed E-state index contributed by atoms with van der Waals surface area (Å²) in [6.45, 7) is 4.84. The second kappa shape index (κ2) is 7.21. The molecular weight excluding hydrogens is 324 g/mol. The molecule has 2 aliphatic rings. The smallest absolute Gasteiger partial charge is 0.243 e. The van der Waals surface area contributed by atoms with Crippen molar-refractivity contribution in [1.29, 1.82) is 0 Å². The van der Waals surface area contributed by atoms with Gasteiger partial charge in [-0.2, -0.15) is 4.98 Å². The van der Waals surface area contributed by atoms with E-state index in [1.165, 1.54) is 18.4 Å². The van der Waals surface area contributed by atoms with Crippen molar-refractivity contribution in [2.24, 2.45) is 11.7 Å². The van der Waals surface area contributed by atoms with Gasteiger partial charge in [0.15, 0.2) is 5.82 Å². The zero-order valence-corrected chi connectivity index (χ0v) is 14.8. The first kappa shape index (κ1) is 17.4. The number of nitrogens with two attached hydrogens (primary N) is 1. The molecule has 0 spiro atoms. The Balaban J connectivity index is 0.00000169. The van der Waals surface area contributed by atoms with Gasteiger partial charge >= 0.3 is 0 Å². The van der Waals surface area contributed by atoms with Crippen molar-refractivity contribution >= 4 is 12.4 Å². The van der Waals surface area contributed by atoms with Crippen LogP contribution in [-0.4, -0.2) is 34.7 Å². The lowest BCUT2D eigenvalue weighted by atomic mass is 9.89. The van der Waals surface area contributed by atoms with Crippen molar-refractivity contribution in [2.45, 2.75) is 37.6 Å². The standard InChI is InChI=1S/C18H24N4O.ClH/c1-12(18-20-17(21-23-18)14-7-8-14)22-10-15(9-19)16(11-22)13-5-3-2-4-6-13;/h2-6,12,14-16H,7-11,19H2,1H3;1H/t12?,15-,16+;/m1./s1. The molecule has 2 N–H and O–H groups in total. The third-order valence-corrected chi connectivity index (χ3v) is 5.30. The monoisotopic (exact) mass is 348 g/mol. The highest BCUT2D eigenvalue weighted by atomic mass is 35.5. The predicted molar refractivity (Wildman–Crippen MR) is 95.2 cm³/mol. The van der Waals surface area contributed by atoms with Gasteiger partial charge in [-0.15, -0.1) is 12.4 Å². The van der Waals surface area contributed by atoms with E-state index in [0.717, 1.165) is 24.8 Å². The average Bonchev–Trinajstić information content (AvgIpc) is 3.17. The Bertz CT molecular complexity index is 658. The summed E-state index contributed by atoms with van der Waals surface area (Å²) >= 11 is 0. The summed E-state index contributed by atoms with van der Waals surface area (Å²) in [5, 5.41) is 4.15. The van der Waals surface area contributed by atoms with Gasteiger partial charge in [0.05, 0.1) is 6.04 Å². The zero-order valence-electron chi connectivity index (χ0n) is 14.0. The summed E-state index contributed by atoms with van der Waals surface area (Å²) in [6.07, 6.45) is 2.39. The summed E-state index contributed by atoms with van der Waals surface area (Å²) in [4.78, 5) is 7.04. The molecule has 1 saturated heterocycles. The topological polar surface area (TPSA) is 68.2 Å². The Kier molecular flexibility index (Phi) is 5.23. The maximum atomic E-state index is 6.04. The Morgan fingerprint density at radius 3 is 2.67 bits per heavy atom. The summed E-state index contributed by atoms with van der Waals surface area (Å²) in [5.74, 6) is 3.13. The van der Waals surface area contributed by atoms with Crippen LogP contribution in [0.1, 0.15) is 54.9 Å². The number of hydrogen-bond donors (Lipinski definition) is 1. The molecule has 130 valence electrons. The fraction of sp³-hybridized carbons (Fsp3) is 0.556. The van der Waals surface area contributed by atoms with Crippen LogP contribution >= 0.6 is 12.4 Å². The van der Waals surface area contributed by atoms with E-state index in [0.29, 0.717) is 24.3 Å². The van der Waals surface area contributed by atoms with Crippen LogP contribution in [0.4, 0.5) is 0 Å². The van der Waals surface area contributed by atoms with Crippen molar-refractivity contribution < 1.29 is 4.52 Å². The van der Waals surface area contributed by atoms with Crippen LogP contribution in [0, 0.1) is 5.92 Å². The number of aromatic nitrogens is 2. The van der Waals surface area contributed by atoms with Gasteiger partial charge in [-0.3, -0.25) is 4.90 Å². The predicted octanol–water partition coefficient (Wildman–Crippen LogP) is 3.10. The van der Waals surface area contributed by atoms with Crippen LogP contribution in [0.2, 0.25) is 0 Å². The zero-order chi connectivity index (χ0) is 15.8. The van der Waals surface area contributed by atoms with E-state index in [9.17, 15) is 0 Å². The molecule has 3 atom stereocenters. The van der Waals surface area contributed by atoms with Crippen LogP contribution in [0.15, 0.2) is 34.9 Å². The van der Waals surface area contributed by atoms with E-state index < -0.39 is 0 Å². The maximum absolute atomic E-state index is 6.04. The highest BCUT2D eigenvalue weighted by molar-refractivity contribution is 5.85. The summed E-state index contributed by atoms with van der Waals surface area (Å²) in [5.41, 5.74) is 7.41. The summed E-state index contributed by atoms with van der Waals surface area (Å²) in [6, 6.07) is 10.8. The Morgan fingerprint density at radius 1 is 1.25 bits per heavy atom. The van der Waals surface area contributed by atoms with E-state index in [4.69, 9.17) is 10.3 Å². The second-order valence-corrected chi connectivity index (χ2v) is 6.91. The molecule has 1 unspecified atom stereocenters. The first-order chi connectivity index (χ1) is 11.3. The number of halogens is 1. The summed E-state index contributed by atoms with van der Waals surface area (Å²) in [7, 11) is 0. The number of rotatable bonds is 5. The summed E-state index contributed by atoms with van der Waals surface area (Å²) < 4.78 is 5.52. The SMILES string of the molecule is CC(c1nc(C2CC2)no1)N1C[C@@H](CN)[C@H](c2ccccc2)C1.Cl. The molecule has 1 aromatic heterocycles. The average molecular weight is 349 g/mol. The lowest BCUT2D eigenvalue weighted by molar-refractivity contribution is 0.202. The van der Waals surface area contributed by atoms with Gasteiger partial charge in [-0.05, 0) is 37.8 Å². The molecule has 1 saturated carbocycles. The molecule has 5 nitrogen and oxygen atoms in total. The molecule has 0 radical (unpaired) electrons. The van der Waals surface area contributed by atoms with Crippen molar-refractivity contribution in [3.05, 3.63) is 47.6 Å². The molecule has 2 fully saturated rings. The second-order valence-electron chi connectivity index (χ2n) is 6.91. The van der Waals surface area contributed by atoms with E-state index >= 15 is 0 Å². The highest BCUT2D eigenvalue weighted by Crippen LogP contribution is 2.40. The molecule has 1 aliphatic heterocycles. The Morgan fingerprint density at radius 2 is 2.00 bits per heavy atom. The Labute approximate surface area is 149 Å². The van der Waals surface area contributed by atoms with Gasteiger partial charge in [0.25, 0.3) is 0 Å². The van der Waals surface area contributed by atoms with Gasteiger partial charge in [-0.25, -0.2) is 0 Å². The minimum absolute atomic E-state index is 0. The molecule has 6 heteroatoms. The van der Waals surface area contributed by atoms with Gasteiger partial charge in [-0.1, -0.05) is 35.5 Å². The van der Waals surface area contributed by atoms with E-state index in [-0.39, 0.29) is 18.4 Å². The highest BCUT2D eigenvalue weighted by Gasteiger charge is 2.37. The van der Waals surface area contributed by atoms with E-state index in [1.807, 2.05) is 0 Å². The third-order valence-electron chi connectivity index (χ3n) is 5.30. The maximum Gasteiger partial charge on any atom is 0.243 e. The number of hydrogen-bond acceptors (Lipinski definition) is 5. The lowest BCUT2D eigenvalue weighted by Gasteiger charge is -2.21. The van der Waals surface area contributed by atoms with Crippen LogP contribution in [0.5, 0.6) is 0 Å². The normalized spacial score (nSPS) is 25.4. The van der Waals surface area contributed by atoms with Crippen LogP contribution in [-0.2, 0) is 0 Å². The molecule has 2 heterocycles. The van der Waals surface area contributed by atoms with Crippen molar-refractivity contribution in [3.8, 4) is 0 Å². The van der Waals surface area contributed by atoms with E-state index in [1.54, 1.807) is 0 Å². The van der Waals surface area contributed by atoms with Crippen LogP contribution in [0.3, 0.4) is 0 Å². The number of likely N-dealkylation sites (tertiary alicyclic amines) is 1. The van der Waals surface area contributed by atoms with Gasteiger partial charge in [0.1, 0.15) is 0 Å². The number of benzene rings is 1. The third kappa shape index (κ3) is 3.34. The molecule has 0 amide bonds. The van der Waals surface area contributed by atoms with Gasteiger partial charge in [0.2, 0.25) is 5.89 Å². The molecule has 1 aliphatic carbocycles. The van der Waals surface area contributed by atoms with E-state index in [2.05, 4.69) is 52.3 Å². The molecule has 4 rings (SSSR count). The molecule has 24 heavy (non-hydrogen) atoms. The molecule has 2 aromatic rings. The minimum atomic E-state index is 0. The largest absolute Gasteiger partial charge is 0.338 e. The van der Waals surface area contributed by atoms with Crippen LogP contribution < -0.4 is 5.73 Å². The van der Waals surface area contributed by atoms with Gasteiger partial charge in [0, 0.05) is 24.9 Å². The quantitative estimate of drug-likeness (QED) is 0.899. The lowest BCUT2D eigenvalue weighted by Crippen LogP contribution is -2.26. The van der Waals surface area contributed by atoms with Crippen LogP contribution in [0.25, 0.3) is 0 Å². The Hall–Kier alpha value is -1.43. The first-order valence-corrected chi connectivity index (χ1v) is 8.59. The number of nitrogens with zero attached hydrogens (tertiary/aromatic N) is 3.